The lowest BCUT2D eigenvalue weighted by Gasteiger charge is -2.22. The van der Waals surface area contributed by atoms with Gasteiger partial charge in [-0.1, -0.05) is 19.1 Å². The fourth-order valence-corrected chi connectivity index (χ4v) is 2.22. The molecule has 5 nitrogen and oxygen atoms in total. The summed E-state index contributed by atoms with van der Waals surface area (Å²) in [4.78, 5) is 11.1. The summed E-state index contributed by atoms with van der Waals surface area (Å²) in [7, 11) is 0. The van der Waals surface area contributed by atoms with Gasteiger partial charge in [0.25, 0.3) is 0 Å². The highest BCUT2D eigenvalue weighted by atomic mass is 16.4. The van der Waals surface area contributed by atoms with Crippen LogP contribution in [-0.4, -0.2) is 26.1 Å². The molecule has 0 radical (unpaired) electrons. The van der Waals surface area contributed by atoms with Crippen LogP contribution in [0.5, 0.6) is 0 Å². The van der Waals surface area contributed by atoms with Crippen molar-refractivity contribution in [2.75, 3.05) is 0 Å². The van der Waals surface area contributed by atoms with Crippen molar-refractivity contribution in [2.45, 2.75) is 46.1 Å². The first-order valence-electron chi connectivity index (χ1n) is 6.16. The molecule has 1 aliphatic carbocycles. The summed E-state index contributed by atoms with van der Waals surface area (Å²) in [5.74, 6) is -0.522. The Morgan fingerprint density at radius 2 is 2.18 bits per heavy atom. The van der Waals surface area contributed by atoms with Gasteiger partial charge in [0.2, 0.25) is 0 Å². The van der Waals surface area contributed by atoms with Crippen LogP contribution in [0.25, 0.3) is 0 Å². The van der Waals surface area contributed by atoms with Crippen LogP contribution in [0.2, 0.25) is 0 Å². The molecule has 0 saturated heterocycles. The normalized spacial score (nSPS) is 21.3. The Labute approximate surface area is 101 Å². The Morgan fingerprint density at radius 1 is 1.47 bits per heavy atom. The highest BCUT2D eigenvalue weighted by Gasteiger charge is 2.29. The third-order valence-corrected chi connectivity index (χ3v) is 3.74. The molecule has 1 aliphatic rings. The Bertz CT molecular complexity index is 425. The Morgan fingerprint density at radius 3 is 2.76 bits per heavy atom. The molecule has 2 rings (SSSR count). The largest absolute Gasteiger partial charge is 0.481 e. The number of fused-ring (bicyclic) bond motifs is 1. The summed E-state index contributed by atoms with van der Waals surface area (Å²) in [5, 5.41) is 17.5. The molecule has 0 saturated carbocycles. The topological polar surface area (TPSA) is 68.0 Å². The molecule has 1 N–H and O–H groups in total. The number of aromatic nitrogens is 3. The van der Waals surface area contributed by atoms with Crippen LogP contribution in [0, 0.1) is 11.8 Å². The third-order valence-electron chi connectivity index (χ3n) is 3.74. The van der Waals surface area contributed by atoms with Gasteiger partial charge in [-0.15, -0.1) is 5.10 Å². The first kappa shape index (κ1) is 12.1. The minimum atomic E-state index is -0.708. The first-order valence-corrected chi connectivity index (χ1v) is 6.16. The predicted octanol–water partition coefficient (Wildman–Crippen LogP) is 1.68. The minimum Gasteiger partial charge on any atom is -0.481 e. The second-order valence-corrected chi connectivity index (χ2v) is 5.19. The molecule has 5 heteroatoms. The molecule has 0 fully saturated rings. The molecule has 1 heterocycles. The summed E-state index contributed by atoms with van der Waals surface area (Å²) in [5.41, 5.74) is 2.00. The van der Waals surface area contributed by atoms with Crippen molar-refractivity contribution in [3.8, 4) is 0 Å². The van der Waals surface area contributed by atoms with Gasteiger partial charge in [0.05, 0.1) is 23.3 Å². The molecule has 0 spiro atoms. The summed E-state index contributed by atoms with van der Waals surface area (Å²) in [6.45, 7) is 6.37. The van der Waals surface area contributed by atoms with Crippen LogP contribution in [0.15, 0.2) is 0 Å². The lowest BCUT2D eigenvalue weighted by atomic mass is 9.89. The average Bonchev–Trinajstić information content (AvgIpc) is 2.70. The zero-order valence-corrected chi connectivity index (χ0v) is 10.6. The molecule has 0 amide bonds. The fraction of sp³-hybridized carbons (Fsp3) is 0.750. The standard InChI is InChI=1S/C12H19N3O2/c1-7(2)8(3)15-11-6-9(12(16)17)4-5-10(11)13-14-15/h7-9H,4-6H2,1-3H3,(H,16,17)/t8-,9+/m1/s1. The number of aliphatic carboxylic acids is 1. The third kappa shape index (κ3) is 2.18. The molecule has 1 aromatic heterocycles. The number of carbonyl (C=O) groups is 1. The van der Waals surface area contributed by atoms with Gasteiger partial charge in [-0.3, -0.25) is 4.79 Å². The average molecular weight is 237 g/mol. The van der Waals surface area contributed by atoms with Gasteiger partial charge in [0.1, 0.15) is 0 Å². The van der Waals surface area contributed by atoms with Crippen LogP contribution >= 0.6 is 0 Å². The fourth-order valence-electron chi connectivity index (χ4n) is 2.22. The Hall–Kier alpha value is -1.39. The van der Waals surface area contributed by atoms with Gasteiger partial charge >= 0.3 is 5.97 Å². The van der Waals surface area contributed by atoms with Gasteiger partial charge in [0, 0.05) is 6.42 Å². The molecule has 0 aliphatic heterocycles. The molecular formula is C12H19N3O2. The smallest absolute Gasteiger partial charge is 0.306 e. The van der Waals surface area contributed by atoms with E-state index in [0.717, 1.165) is 17.8 Å². The number of aryl methyl sites for hydroxylation is 1. The molecule has 1 aromatic rings. The zero-order chi connectivity index (χ0) is 12.6. The molecular weight excluding hydrogens is 218 g/mol. The maximum Gasteiger partial charge on any atom is 0.306 e. The predicted molar refractivity (Wildman–Crippen MR) is 62.7 cm³/mol. The number of nitrogens with zero attached hydrogens (tertiary/aromatic N) is 3. The van der Waals surface area contributed by atoms with E-state index in [4.69, 9.17) is 5.11 Å². The quantitative estimate of drug-likeness (QED) is 0.868. The molecule has 94 valence electrons. The van der Waals surface area contributed by atoms with E-state index >= 15 is 0 Å². The van der Waals surface area contributed by atoms with E-state index in [1.54, 1.807) is 0 Å². The second kappa shape index (κ2) is 4.47. The summed E-state index contributed by atoms with van der Waals surface area (Å²) in [6.07, 6.45) is 1.98. The van der Waals surface area contributed by atoms with Crippen LogP contribution in [0.4, 0.5) is 0 Å². The highest BCUT2D eigenvalue weighted by molar-refractivity contribution is 5.70. The van der Waals surface area contributed by atoms with Crippen molar-refractivity contribution in [3.63, 3.8) is 0 Å². The lowest BCUT2D eigenvalue weighted by molar-refractivity contribution is -0.142. The van der Waals surface area contributed by atoms with Gasteiger partial charge in [-0.25, -0.2) is 4.68 Å². The number of hydrogen-bond donors (Lipinski definition) is 1. The van der Waals surface area contributed by atoms with Crippen molar-refractivity contribution in [1.82, 2.24) is 15.0 Å². The van der Waals surface area contributed by atoms with Gasteiger partial charge < -0.3 is 5.11 Å². The van der Waals surface area contributed by atoms with E-state index in [0.29, 0.717) is 18.8 Å². The maximum absolute atomic E-state index is 11.1. The number of carboxylic acid groups (broad SMARTS) is 1. The van der Waals surface area contributed by atoms with E-state index in [1.807, 2.05) is 4.68 Å². The number of hydrogen-bond acceptors (Lipinski definition) is 3. The van der Waals surface area contributed by atoms with Crippen molar-refractivity contribution < 1.29 is 9.90 Å². The first-order chi connectivity index (χ1) is 8.00. The van der Waals surface area contributed by atoms with Crippen LogP contribution < -0.4 is 0 Å². The maximum atomic E-state index is 11.1. The number of carboxylic acids is 1. The van der Waals surface area contributed by atoms with E-state index in [9.17, 15) is 4.79 Å². The Kier molecular flexibility index (Phi) is 3.17. The molecule has 2 atom stereocenters. The van der Waals surface area contributed by atoms with Gasteiger partial charge in [-0.05, 0) is 25.7 Å². The van der Waals surface area contributed by atoms with Crippen molar-refractivity contribution in [1.29, 1.82) is 0 Å². The molecule has 0 bridgehead atoms. The van der Waals surface area contributed by atoms with Gasteiger partial charge in [0.15, 0.2) is 0 Å². The van der Waals surface area contributed by atoms with Crippen LogP contribution in [-0.2, 0) is 17.6 Å². The summed E-state index contributed by atoms with van der Waals surface area (Å²) in [6, 6.07) is 0.263. The van der Waals surface area contributed by atoms with Crippen LogP contribution in [0.3, 0.4) is 0 Å². The molecule has 17 heavy (non-hydrogen) atoms. The second-order valence-electron chi connectivity index (χ2n) is 5.19. The minimum absolute atomic E-state index is 0.263. The summed E-state index contributed by atoms with van der Waals surface area (Å²) >= 11 is 0. The van der Waals surface area contributed by atoms with E-state index in [1.165, 1.54) is 0 Å². The highest BCUT2D eigenvalue weighted by Crippen LogP contribution is 2.27. The van der Waals surface area contributed by atoms with Crippen LogP contribution in [0.1, 0.15) is 44.6 Å². The van der Waals surface area contributed by atoms with E-state index < -0.39 is 5.97 Å². The summed E-state index contributed by atoms with van der Waals surface area (Å²) < 4.78 is 1.91. The van der Waals surface area contributed by atoms with E-state index in [2.05, 4.69) is 31.1 Å². The monoisotopic (exact) mass is 237 g/mol. The molecule has 0 unspecified atom stereocenters. The Balaban J connectivity index is 2.28. The molecule has 0 aromatic carbocycles. The van der Waals surface area contributed by atoms with Crippen molar-refractivity contribution in [2.24, 2.45) is 11.8 Å². The SMILES string of the molecule is CC(C)[C@@H](C)n1nnc2c1C[C@@H](C(=O)O)CC2. The zero-order valence-electron chi connectivity index (χ0n) is 10.6. The van der Waals surface area contributed by atoms with Crippen molar-refractivity contribution in [3.05, 3.63) is 11.4 Å². The lowest BCUT2D eigenvalue weighted by Crippen LogP contribution is -2.25. The van der Waals surface area contributed by atoms with Gasteiger partial charge in [-0.2, -0.15) is 0 Å². The number of rotatable bonds is 3. The van der Waals surface area contributed by atoms with E-state index in [-0.39, 0.29) is 12.0 Å². The van der Waals surface area contributed by atoms with Crippen molar-refractivity contribution >= 4 is 5.97 Å².